The summed E-state index contributed by atoms with van der Waals surface area (Å²) in [6.45, 7) is 9.00. The van der Waals surface area contributed by atoms with E-state index in [1.54, 1.807) is 0 Å². The third-order valence-electron chi connectivity index (χ3n) is 5.33. The molecule has 1 saturated carbocycles. The average molecular weight is 222 g/mol. The second kappa shape index (κ2) is 3.87. The van der Waals surface area contributed by atoms with Crippen molar-refractivity contribution >= 4 is 0 Å². The molecular weight excluding hydrogens is 196 g/mol. The largest absolute Gasteiger partial charge is 0.390 e. The standard InChI is InChI=1S/C15H26O/c1-11(2)15(16)9-8-14(4)7-5-6-12(3)13(14)10-15/h6,11,13,16H,5,7-10H2,1-4H3/t13-,14+,15-/m1/s1. The Bertz CT molecular complexity index is 305. The predicted molar refractivity (Wildman–Crippen MR) is 68.2 cm³/mol. The molecule has 2 rings (SSSR count). The van der Waals surface area contributed by atoms with Gasteiger partial charge in [0.25, 0.3) is 0 Å². The molecule has 2 aliphatic carbocycles. The molecule has 16 heavy (non-hydrogen) atoms. The van der Waals surface area contributed by atoms with Crippen LogP contribution in [0.1, 0.15) is 59.8 Å². The fourth-order valence-electron chi connectivity index (χ4n) is 3.68. The van der Waals surface area contributed by atoms with Crippen LogP contribution >= 0.6 is 0 Å². The molecular formula is C15H26O. The highest BCUT2D eigenvalue weighted by Gasteiger charge is 2.48. The third kappa shape index (κ3) is 1.84. The van der Waals surface area contributed by atoms with Gasteiger partial charge in [0.15, 0.2) is 0 Å². The van der Waals surface area contributed by atoms with E-state index in [9.17, 15) is 5.11 Å². The molecule has 0 spiro atoms. The fourth-order valence-corrected chi connectivity index (χ4v) is 3.68. The molecule has 0 aromatic rings. The Hall–Kier alpha value is -0.300. The van der Waals surface area contributed by atoms with E-state index in [1.807, 2.05) is 0 Å². The van der Waals surface area contributed by atoms with E-state index in [4.69, 9.17) is 0 Å². The van der Waals surface area contributed by atoms with Crippen LogP contribution in [0.15, 0.2) is 11.6 Å². The lowest BCUT2D eigenvalue weighted by atomic mass is 9.55. The topological polar surface area (TPSA) is 20.2 Å². The Labute approximate surface area is 99.9 Å². The highest BCUT2D eigenvalue weighted by Crippen LogP contribution is 2.54. The van der Waals surface area contributed by atoms with E-state index in [2.05, 4.69) is 33.8 Å². The lowest BCUT2D eigenvalue weighted by molar-refractivity contribution is -0.0883. The van der Waals surface area contributed by atoms with E-state index in [1.165, 1.54) is 24.8 Å². The summed E-state index contributed by atoms with van der Waals surface area (Å²) in [6.07, 6.45) is 8.09. The Kier molecular flexibility index (Phi) is 2.94. The Morgan fingerprint density at radius 3 is 2.62 bits per heavy atom. The molecule has 0 saturated heterocycles. The zero-order chi connectivity index (χ0) is 12.0. The van der Waals surface area contributed by atoms with Crippen molar-refractivity contribution in [2.75, 3.05) is 0 Å². The van der Waals surface area contributed by atoms with Crippen LogP contribution < -0.4 is 0 Å². The monoisotopic (exact) mass is 222 g/mol. The Morgan fingerprint density at radius 1 is 1.31 bits per heavy atom. The highest BCUT2D eigenvalue weighted by molar-refractivity contribution is 5.16. The Morgan fingerprint density at radius 2 is 2.00 bits per heavy atom. The number of hydrogen-bond acceptors (Lipinski definition) is 1. The van der Waals surface area contributed by atoms with Crippen molar-refractivity contribution in [3.8, 4) is 0 Å². The number of rotatable bonds is 1. The van der Waals surface area contributed by atoms with Crippen LogP contribution in [0, 0.1) is 17.3 Å². The molecule has 0 bridgehead atoms. The van der Waals surface area contributed by atoms with Crippen LogP contribution in [0.5, 0.6) is 0 Å². The van der Waals surface area contributed by atoms with Gasteiger partial charge in [0.2, 0.25) is 0 Å². The predicted octanol–water partition coefficient (Wildman–Crippen LogP) is 3.92. The first-order chi connectivity index (χ1) is 7.37. The molecule has 0 amide bonds. The van der Waals surface area contributed by atoms with Crippen molar-refractivity contribution in [2.45, 2.75) is 65.4 Å². The molecule has 0 aromatic carbocycles. The van der Waals surface area contributed by atoms with Gasteiger partial charge in [-0.25, -0.2) is 0 Å². The van der Waals surface area contributed by atoms with Gasteiger partial charge in [-0.1, -0.05) is 32.4 Å². The Balaban J connectivity index is 2.24. The smallest absolute Gasteiger partial charge is 0.0676 e. The van der Waals surface area contributed by atoms with Crippen molar-refractivity contribution in [1.29, 1.82) is 0 Å². The van der Waals surface area contributed by atoms with Gasteiger partial charge in [-0.2, -0.15) is 0 Å². The van der Waals surface area contributed by atoms with Gasteiger partial charge in [0.1, 0.15) is 0 Å². The maximum Gasteiger partial charge on any atom is 0.0676 e. The maximum atomic E-state index is 10.7. The molecule has 0 aliphatic heterocycles. The number of allylic oxidation sites excluding steroid dienone is 2. The van der Waals surface area contributed by atoms with Crippen LogP contribution in [0.2, 0.25) is 0 Å². The van der Waals surface area contributed by atoms with Crippen LogP contribution in [0.4, 0.5) is 0 Å². The minimum absolute atomic E-state index is 0.381. The number of hydrogen-bond donors (Lipinski definition) is 1. The van der Waals surface area contributed by atoms with Crippen molar-refractivity contribution in [2.24, 2.45) is 17.3 Å². The SMILES string of the molecule is CC1=CCC[C@@]2(C)CC[C@](O)(C(C)C)C[C@H]12. The zero-order valence-electron chi connectivity index (χ0n) is 11.2. The summed E-state index contributed by atoms with van der Waals surface area (Å²) in [5.74, 6) is 0.995. The molecule has 1 fully saturated rings. The average Bonchev–Trinajstić information content (AvgIpc) is 2.21. The summed E-state index contributed by atoms with van der Waals surface area (Å²) in [4.78, 5) is 0. The van der Waals surface area contributed by atoms with Gasteiger partial charge in [-0.3, -0.25) is 0 Å². The molecule has 0 heterocycles. The first-order valence-electron chi connectivity index (χ1n) is 6.76. The molecule has 1 N–H and O–H groups in total. The van der Waals surface area contributed by atoms with Gasteiger partial charge in [-0.05, 0) is 56.3 Å². The normalized spacial score (nSPS) is 44.1. The van der Waals surface area contributed by atoms with Crippen LogP contribution in [-0.2, 0) is 0 Å². The number of aliphatic hydroxyl groups is 1. The molecule has 92 valence electrons. The van der Waals surface area contributed by atoms with Gasteiger partial charge in [0.05, 0.1) is 5.60 Å². The van der Waals surface area contributed by atoms with Gasteiger partial charge in [-0.15, -0.1) is 0 Å². The van der Waals surface area contributed by atoms with Crippen molar-refractivity contribution in [1.82, 2.24) is 0 Å². The van der Waals surface area contributed by atoms with E-state index >= 15 is 0 Å². The van der Waals surface area contributed by atoms with Crippen molar-refractivity contribution in [3.05, 3.63) is 11.6 Å². The van der Waals surface area contributed by atoms with Gasteiger partial charge >= 0.3 is 0 Å². The van der Waals surface area contributed by atoms with Gasteiger partial charge < -0.3 is 5.11 Å². The summed E-state index contributed by atoms with van der Waals surface area (Å²) >= 11 is 0. The van der Waals surface area contributed by atoms with E-state index in [0.717, 1.165) is 12.8 Å². The fraction of sp³-hybridized carbons (Fsp3) is 0.867. The van der Waals surface area contributed by atoms with E-state index in [0.29, 0.717) is 17.3 Å². The maximum absolute atomic E-state index is 10.7. The molecule has 0 aromatic heterocycles. The molecule has 0 unspecified atom stereocenters. The van der Waals surface area contributed by atoms with Crippen LogP contribution in [0.25, 0.3) is 0 Å². The summed E-state index contributed by atoms with van der Waals surface area (Å²) in [5, 5.41) is 10.7. The summed E-state index contributed by atoms with van der Waals surface area (Å²) < 4.78 is 0. The van der Waals surface area contributed by atoms with Crippen molar-refractivity contribution < 1.29 is 5.11 Å². The third-order valence-corrected chi connectivity index (χ3v) is 5.33. The van der Waals surface area contributed by atoms with Crippen LogP contribution in [-0.4, -0.2) is 10.7 Å². The minimum atomic E-state index is -0.420. The molecule has 0 radical (unpaired) electrons. The summed E-state index contributed by atoms with van der Waals surface area (Å²) in [6, 6.07) is 0. The highest BCUT2D eigenvalue weighted by atomic mass is 16.3. The van der Waals surface area contributed by atoms with Gasteiger partial charge in [0, 0.05) is 0 Å². The van der Waals surface area contributed by atoms with Crippen molar-refractivity contribution in [3.63, 3.8) is 0 Å². The second-order valence-corrected chi connectivity index (χ2v) is 6.66. The number of fused-ring (bicyclic) bond motifs is 1. The second-order valence-electron chi connectivity index (χ2n) is 6.66. The molecule has 1 heteroatoms. The lowest BCUT2D eigenvalue weighted by Crippen LogP contribution is -2.48. The molecule has 1 nitrogen and oxygen atoms in total. The first-order valence-corrected chi connectivity index (χ1v) is 6.76. The van der Waals surface area contributed by atoms with Crippen LogP contribution in [0.3, 0.4) is 0 Å². The first kappa shape index (κ1) is 12.2. The minimum Gasteiger partial charge on any atom is -0.390 e. The lowest BCUT2D eigenvalue weighted by Gasteiger charge is -2.52. The summed E-state index contributed by atoms with van der Waals surface area (Å²) in [5.41, 5.74) is 1.56. The molecule has 2 aliphatic rings. The quantitative estimate of drug-likeness (QED) is 0.667. The summed E-state index contributed by atoms with van der Waals surface area (Å²) in [7, 11) is 0. The van der Waals surface area contributed by atoms with E-state index in [-0.39, 0.29) is 0 Å². The van der Waals surface area contributed by atoms with E-state index < -0.39 is 5.60 Å². The molecule has 3 atom stereocenters. The zero-order valence-corrected chi connectivity index (χ0v) is 11.2.